The van der Waals surface area contributed by atoms with E-state index < -0.39 is 38.4 Å². The van der Waals surface area contributed by atoms with Gasteiger partial charge in [-0.15, -0.1) is 4.65 Å². The summed E-state index contributed by atoms with van der Waals surface area (Å²) in [5.74, 6) is -1.73. The number of carbonyl (C=O) groups is 3. The number of hydrogen-bond donors (Lipinski definition) is 1. The molecule has 0 aromatic heterocycles. The monoisotopic (exact) mass is 613 g/mol. The van der Waals surface area contributed by atoms with Gasteiger partial charge < -0.3 is 15.5 Å². The van der Waals surface area contributed by atoms with Gasteiger partial charge in [0.05, 0.1) is 19.6 Å². The average Bonchev–Trinajstić information content (AvgIpc) is 3.13. The molecular formula is C29H52NNaO9S. The summed E-state index contributed by atoms with van der Waals surface area (Å²) < 4.78 is 43.4. The van der Waals surface area contributed by atoms with Crippen molar-refractivity contribution in [2.24, 2.45) is 11.8 Å². The molecule has 234 valence electrons. The first kappa shape index (κ1) is 40.2. The van der Waals surface area contributed by atoms with Crippen molar-refractivity contribution in [1.29, 1.82) is 0 Å². The molecular weight excluding hydrogens is 561 g/mol. The second kappa shape index (κ2) is 21.8. The molecule has 0 radical (unpaired) electrons. The third-order valence-corrected chi connectivity index (χ3v) is 8.43. The minimum Gasteiger partial charge on any atom is -1.00 e. The largest absolute Gasteiger partial charge is 1.00 e. The standard InChI is InChI=1S/C20H38O7S.C9H14NO2.Na.H/c1-3-5-7-9-11-13-15-26-19(21)17-18(28(23,24)25)20(22)27-16-14-12-10-8-6-4-2;1-10(12)6-7-4-2-3-5-8(7)9(10)11;;/h18H,3-17H2,1-2H3,(H,23,24,25);3,5,7-8,12H,2,4,6H2,1H3;;/q;2*+1;-1/p-1. The quantitative estimate of drug-likeness (QED) is 0.0467. The van der Waals surface area contributed by atoms with E-state index in [2.05, 4.69) is 13.8 Å². The van der Waals surface area contributed by atoms with Crippen LogP contribution in [0.4, 0.5) is 0 Å². The van der Waals surface area contributed by atoms with Crippen LogP contribution in [0.15, 0.2) is 12.2 Å². The Labute approximate surface area is 270 Å². The summed E-state index contributed by atoms with van der Waals surface area (Å²) in [5, 5.41) is 7.61. The molecule has 41 heavy (non-hydrogen) atoms. The molecule has 1 N–H and O–H groups in total. The number of carbonyl (C=O) groups excluding carboxylic acids is 3. The van der Waals surface area contributed by atoms with Crippen molar-refractivity contribution in [3.63, 3.8) is 0 Å². The molecule has 1 saturated heterocycles. The second-order valence-electron chi connectivity index (χ2n) is 11.1. The predicted molar refractivity (Wildman–Crippen MR) is 151 cm³/mol. The number of hydrogen-bond acceptors (Lipinski definition) is 9. The number of allylic oxidation sites excluding steroid dienone is 1. The van der Waals surface area contributed by atoms with Gasteiger partial charge in [0, 0.05) is 5.92 Å². The molecule has 1 heterocycles. The molecule has 2 aliphatic rings. The van der Waals surface area contributed by atoms with Gasteiger partial charge in [-0.2, -0.15) is 0 Å². The third kappa shape index (κ3) is 16.6. The summed E-state index contributed by atoms with van der Waals surface area (Å²) in [4.78, 5) is 35.2. The number of ether oxygens (including phenoxy) is 2. The summed E-state index contributed by atoms with van der Waals surface area (Å²) in [5.41, 5.74) is 0. The van der Waals surface area contributed by atoms with Crippen molar-refractivity contribution in [2.45, 2.75) is 115 Å². The molecule has 0 bridgehead atoms. The van der Waals surface area contributed by atoms with Crippen LogP contribution >= 0.6 is 0 Å². The molecule has 1 amide bonds. The first-order chi connectivity index (χ1) is 18.9. The molecule has 10 nitrogen and oxygen atoms in total. The van der Waals surface area contributed by atoms with Crippen molar-refractivity contribution >= 4 is 28.0 Å². The number of rotatable bonds is 18. The molecule has 1 aliphatic carbocycles. The van der Waals surface area contributed by atoms with Crippen molar-refractivity contribution in [3.8, 4) is 0 Å². The number of unbranched alkanes of at least 4 members (excludes halogenated alkanes) is 10. The Balaban J connectivity index is 0. The maximum absolute atomic E-state index is 11.9. The van der Waals surface area contributed by atoms with Gasteiger partial charge in [0.2, 0.25) is 0 Å². The van der Waals surface area contributed by atoms with Crippen LogP contribution in [0, 0.1) is 11.8 Å². The van der Waals surface area contributed by atoms with Crippen molar-refractivity contribution in [2.75, 3.05) is 26.8 Å². The molecule has 0 spiro atoms. The first-order valence-corrected chi connectivity index (χ1v) is 16.5. The Kier molecular flexibility index (Phi) is 21.4. The van der Waals surface area contributed by atoms with Crippen LogP contribution in [-0.4, -0.2) is 72.7 Å². The zero-order chi connectivity index (χ0) is 30.0. The minimum absolute atomic E-state index is 0. The van der Waals surface area contributed by atoms with E-state index in [9.17, 15) is 32.6 Å². The van der Waals surface area contributed by atoms with Crippen LogP contribution in [0.2, 0.25) is 0 Å². The van der Waals surface area contributed by atoms with E-state index in [0.717, 1.165) is 70.6 Å². The van der Waals surface area contributed by atoms with E-state index in [0.29, 0.717) is 25.3 Å². The molecule has 4 unspecified atom stereocenters. The number of amides is 1. The maximum atomic E-state index is 11.9. The Hall–Kier alpha value is -0.820. The van der Waals surface area contributed by atoms with Crippen LogP contribution in [0.3, 0.4) is 0 Å². The maximum Gasteiger partial charge on any atom is 1.00 e. The zero-order valence-corrected chi connectivity index (χ0v) is 28.5. The fourth-order valence-corrected chi connectivity index (χ4v) is 5.62. The van der Waals surface area contributed by atoms with Crippen molar-refractivity contribution in [1.82, 2.24) is 0 Å². The second-order valence-corrected chi connectivity index (χ2v) is 12.6. The molecule has 12 heteroatoms. The van der Waals surface area contributed by atoms with E-state index in [1.807, 2.05) is 12.2 Å². The van der Waals surface area contributed by atoms with Gasteiger partial charge in [-0.25, -0.2) is 18.4 Å². The van der Waals surface area contributed by atoms with Gasteiger partial charge >= 0.3 is 47.4 Å². The number of hydroxylamine groups is 3. The van der Waals surface area contributed by atoms with Crippen LogP contribution in [0.25, 0.3) is 0 Å². The molecule has 2 rings (SSSR count). The van der Waals surface area contributed by atoms with Gasteiger partial charge in [-0.1, -0.05) is 90.2 Å². The van der Waals surface area contributed by atoms with Crippen LogP contribution in [0.1, 0.15) is 112 Å². The number of nitrogens with zero attached hydrogens (tertiary/aromatic N) is 1. The Morgan fingerprint density at radius 3 is 2.02 bits per heavy atom. The number of esters is 2. The molecule has 0 saturated carbocycles. The van der Waals surface area contributed by atoms with Crippen molar-refractivity contribution < 1.29 is 77.7 Å². The number of fused-ring (bicyclic) bond motifs is 1. The average molecular weight is 614 g/mol. The van der Waals surface area contributed by atoms with Gasteiger partial charge in [0.1, 0.15) is 29.6 Å². The number of likely N-dealkylation sites (tertiary alicyclic amines) is 1. The summed E-state index contributed by atoms with van der Waals surface area (Å²) in [6.45, 7) is 5.03. The van der Waals surface area contributed by atoms with Crippen LogP contribution in [0.5, 0.6) is 0 Å². The summed E-state index contributed by atoms with van der Waals surface area (Å²) in [6.07, 6.45) is 17.2. The summed E-state index contributed by atoms with van der Waals surface area (Å²) >= 11 is 0. The third-order valence-electron chi connectivity index (χ3n) is 7.37. The van der Waals surface area contributed by atoms with Crippen LogP contribution in [-0.2, 0) is 34.0 Å². The predicted octanol–water partition coefficient (Wildman–Crippen LogP) is 2.16. The Morgan fingerprint density at radius 1 is 1.00 bits per heavy atom. The van der Waals surface area contributed by atoms with Gasteiger partial charge in [-0.05, 0) is 25.7 Å². The fraction of sp³-hybridized carbons (Fsp3) is 0.828. The Bertz CT molecular complexity index is 915. The van der Waals surface area contributed by atoms with Gasteiger partial charge in [0.15, 0.2) is 5.25 Å². The molecule has 1 aliphatic heterocycles. The fourth-order valence-electron chi connectivity index (χ4n) is 4.98. The van der Waals surface area contributed by atoms with E-state index >= 15 is 0 Å². The zero-order valence-electron chi connectivity index (χ0n) is 26.7. The normalized spacial score (nSPS) is 22.1. The molecule has 1 fully saturated rings. The number of quaternary nitrogens is 1. The van der Waals surface area contributed by atoms with Gasteiger partial charge in [0.25, 0.3) is 0 Å². The van der Waals surface area contributed by atoms with E-state index in [1.165, 1.54) is 6.42 Å². The van der Waals surface area contributed by atoms with E-state index in [-0.39, 0.29) is 56.0 Å². The van der Waals surface area contributed by atoms with E-state index in [4.69, 9.17) is 9.47 Å². The summed E-state index contributed by atoms with van der Waals surface area (Å²) in [7, 11) is -3.41. The van der Waals surface area contributed by atoms with Crippen LogP contribution < -0.4 is 29.6 Å². The molecule has 0 aromatic carbocycles. The summed E-state index contributed by atoms with van der Waals surface area (Å²) in [6, 6.07) is 0. The van der Waals surface area contributed by atoms with E-state index in [1.54, 1.807) is 7.05 Å². The SMILES string of the molecule is CCCCCCCCOC(=O)CC(C(=O)OCCCCCCCC)S(=O)(=O)[O-].C[N+]1(O)CC2CCC=CC2C1=O.[H-].[Na+]. The first-order valence-electron chi connectivity index (χ1n) is 15.0. The van der Waals surface area contributed by atoms with Crippen molar-refractivity contribution in [3.05, 3.63) is 12.2 Å². The molecule has 4 atom stereocenters. The van der Waals surface area contributed by atoms with Gasteiger partial charge in [-0.3, -0.25) is 9.59 Å². The smallest absolute Gasteiger partial charge is 1.00 e. The molecule has 0 aromatic rings. The Morgan fingerprint density at radius 2 is 1.51 bits per heavy atom. The topological polar surface area (TPSA) is 147 Å². The minimum atomic E-state index is -4.98.